The molecular weight excluding hydrogens is 256 g/mol. The van der Waals surface area contributed by atoms with Crippen molar-refractivity contribution in [3.8, 4) is 0 Å². The van der Waals surface area contributed by atoms with E-state index >= 15 is 0 Å². The summed E-state index contributed by atoms with van der Waals surface area (Å²) in [5, 5.41) is 2.68. The third kappa shape index (κ3) is 4.50. The zero-order valence-corrected chi connectivity index (χ0v) is 11.8. The molecule has 0 aliphatic carbocycles. The molecule has 1 aromatic rings. The van der Waals surface area contributed by atoms with Crippen LogP contribution in [-0.2, 0) is 9.53 Å². The molecule has 20 heavy (non-hydrogen) atoms. The molecule has 108 valence electrons. The summed E-state index contributed by atoms with van der Waals surface area (Å²) in [5.74, 6) is -0.866. The molecule has 0 aromatic carbocycles. The Morgan fingerprint density at radius 1 is 1.50 bits per heavy atom. The molecule has 0 radical (unpaired) electrons. The van der Waals surface area contributed by atoms with E-state index in [-0.39, 0.29) is 24.1 Å². The highest BCUT2D eigenvalue weighted by Gasteiger charge is 2.27. The van der Waals surface area contributed by atoms with Gasteiger partial charge in [-0.1, -0.05) is 39.0 Å². The Hall–Kier alpha value is -2.17. The fraction of sp³-hybridized carbons (Fsp3) is 0.400. The molecule has 1 N–H and O–H groups in total. The second-order valence-corrected chi connectivity index (χ2v) is 4.47. The van der Waals surface area contributed by atoms with E-state index in [0.29, 0.717) is 0 Å². The monoisotopic (exact) mass is 276 g/mol. The van der Waals surface area contributed by atoms with E-state index < -0.39 is 12.0 Å². The molecule has 5 heteroatoms. The number of ether oxygens (including phenoxy) is 1. The molecule has 0 saturated heterocycles. The molecule has 1 rings (SSSR count). The maximum absolute atomic E-state index is 12.1. The van der Waals surface area contributed by atoms with Gasteiger partial charge in [0.15, 0.2) is 0 Å². The van der Waals surface area contributed by atoms with Crippen molar-refractivity contribution in [3.05, 3.63) is 42.7 Å². The number of hydrogen-bond acceptors (Lipinski definition) is 4. The largest absolute Gasteiger partial charge is 0.460 e. The molecule has 0 fully saturated rings. The van der Waals surface area contributed by atoms with Crippen LogP contribution in [0.3, 0.4) is 0 Å². The average molecular weight is 276 g/mol. The third-order valence-electron chi connectivity index (χ3n) is 2.99. The normalized spacial score (nSPS) is 13.1. The van der Waals surface area contributed by atoms with Crippen molar-refractivity contribution in [2.75, 3.05) is 6.61 Å². The number of pyridine rings is 1. The maximum atomic E-state index is 12.1. The van der Waals surface area contributed by atoms with Gasteiger partial charge in [-0.2, -0.15) is 0 Å². The maximum Gasteiger partial charge on any atom is 0.329 e. The number of amides is 1. The second kappa shape index (κ2) is 8.09. The predicted molar refractivity (Wildman–Crippen MR) is 76.1 cm³/mol. The minimum absolute atomic E-state index is 0.0278. The van der Waals surface area contributed by atoms with Crippen LogP contribution < -0.4 is 5.32 Å². The topological polar surface area (TPSA) is 68.3 Å². The van der Waals surface area contributed by atoms with Crippen LogP contribution in [0.2, 0.25) is 0 Å². The Morgan fingerprint density at radius 2 is 2.25 bits per heavy atom. The highest BCUT2D eigenvalue weighted by molar-refractivity contribution is 5.95. The second-order valence-electron chi connectivity index (χ2n) is 4.47. The predicted octanol–water partition coefficient (Wildman–Crippen LogP) is 1.96. The first kappa shape index (κ1) is 15.9. The van der Waals surface area contributed by atoms with E-state index in [2.05, 4.69) is 16.9 Å². The van der Waals surface area contributed by atoms with Crippen molar-refractivity contribution in [2.45, 2.75) is 26.3 Å². The zero-order chi connectivity index (χ0) is 15.0. The first-order valence-electron chi connectivity index (χ1n) is 6.59. The summed E-state index contributed by atoms with van der Waals surface area (Å²) in [6.07, 6.45) is 3.77. The van der Waals surface area contributed by atoms with Crippen LogP contribution in [-0.4, -0.2) is 29.5 Å². The van der Waals surface area contributed by atoms with E-state index in [1.807, 2.05) is 13.8 Å². The summed E-state index contributed by atoms with van der Waals surface area (Å²) in [5.41, 5.74) is 0.275. The molecule has 1 aromatic heterocycles. The minimum atomic E-state index is -0.686. The van der Waals surface area contributed by atoms with Gasteiger partial charge in [0.1, 0.15) is 18.3 Å². The molecule has 0 saturated carbocycles. The summed E-state index contributed by atoms with van der Waals surface area (Å²) in [6, 6.07) is 4.35. The lowest BCUT2D eigenvalue weighted by atomic mass is 9.99. The van der Waals surface area contributed by atoms with Crippen molar-refractivity contribution in [1.29, 1.82) is 0 Å². The van der Waals surface area contributed by atoms with Gasteiger partial charge in [-0.3, -0.25) is 9.78 Å². The van der Waals surface area contributed by atoms with Crippen LogP contribution in [0.4, 0.5) is 0 Å². The number of nitrogens with one attached hydrogen (secondary N) is 1. The Kier molecular flexibility index (Phi) is 6.43. The SMILES string of the molecule is C=CCOC(=O)[C@@H](NC(=O)c1ccccn1)[C@@H](C)CC. The fourth-order valence-electron chi connectivity index (χ4n) is 1.61. The third-order valence-corrected chi connectivity index (χ3v) is 2.99. The van der Waals surface area contributed by atoms with Crippen molar-refractivity contribution < 1.29 is 14.3 Å². The van der Waals surface area contributed by atoms with Crippen molar-refractivity contribution in [1.82, 2.24) is 10.3 Å². The van der Waals surface area contributed by atoms with Crippen LogP contribution in [0.25, 0.3) is 0 Å². The number of carbonyl (C=O) groups is 2. The molecule has 1 heterocycles. The van der Waals surface area contributed by atoms with Crippen LogP contribution >= 0.6 is 0 Å². The summed E-state index contributed by atoms with van der Waals surface area (Å²) in [4.78, 5) is 28.0. The molecule has 1 amide bonds. The van der Waals surface area contributed by atoms with Gasteiger partial charge >= 0.3 is 5.97 Å². The summed E-state index contributed by atoms with van der Waals surface area (Å²) in [7, 11) is 0. The van der Waals surface area contributed by atoms with Crippen LogP contribution in [0.5, 0.6) is 0 Å². The van der Waals surface area contributed by atoms with Gasteiger partial charge in [0.05, 0.1) is 0 Å². The number of carbonyl (C=O) groups excluding carboxylic acids is 2. The van der Waals surface area contributed by atoms with Gasteiger partial charge in [-0.05, 0) is 18.1 Å². The fourth-order valence-corrected chi connectivity index (χ4v) is 1.61. The molecule has 0 aliphatic rings. The lowest BCUT2D eigenvalue weighted by Gasteiger charge is -2.22. The Labute approximate surface area is 119 Å². The lowest BCUT2D eigenvalue weighted by Crippen LogP contribution is -2.46. The molecular formula is C15H20N2O3. The highest BCUT2D eigenvalue weighted by Crippen LogP contribution is 2.10. The number of aromatic nitrogens is 1. The van der Waals surface area contributed by atoms with Gasteiger partial charge in [0.2, 0.25) is 0 Å². The summed E-state index contributed by atoms with van der Waals surface area (Å²) >= 11 is 0. The van der Waals surface area contributed by atoms with E-state index in [1.165, 1.54) is 12.3 Å². The number of nitrogens with zero attached hydrogens (tertiary/aromatic N) is 1. The van der Waals surface area contributed by atoms with E-state index in [1.54, 1.807) is 18.2 Å². The first-order valence-corrected chi connectivity index (χ1v) is 6.59. The van der Waals surface area contributed by atoms with Gasteiger partial charge < -0.3 is 10.1 Å². The van der Waals surface area contributed by atoms with E-state index in [9.17, 15) is 9.59 Å². The molecule has 5 nitrogen and oxygen atoms in total. The lowest BCUT2D eigenvalue weighted by molar-refractivity contribution is -0.146. The van der Waals surface area contributed by atoms with Crippen LogP contribution in [0.15, 0.2) is 37.1 Å². The summed E-state index contributed by atoms with van der Waals surface area (Å²) < 4.78 is 5.02. The van der Waals surface area contributed by atoms with Crippen molar-refractivity contribution >= 4 is 11.9 Å². The summed E-state index contributed by atoms with van der Waals surface area (Å²) in [6.45, 7) is 7.46. The van der Waals surface area contributed by atoms with E-state index in [4.69, 9.17) is 4.74 Å². The van der Waals surface area contributed by atoms with Gasteiger partial charge in [0.25, 0.3) is 5.91 Å². The molecule has 0 aliphatic heterocycles. The Morgan fingerprint density at radius 3 is 2.80 bits per heavy atom. The van der Waals surface area contributed by atoms with Crippen LogP contribution in [0, 0.1) is 5.92 Å². The number of hydrogen-bond donors (Lipinski definition) is 1. The first-order chi connectivity index (χ1) is 9.60. The minimum Gasteiger partial charge on any atom is -0.460 e. The zero-order valence-electron chi connectivity index (χ0n) is 11.8. The van der Waals surface area contributed by atoms with Gasteiger partial charge in [-0.15, -0.1) is 0 Å². The van der Waals surface area contributed by atoms with Crippen molar-refractivity contribution in [2.24, 2.45) is 5.92 Å². The average Bonchev–Trinajstić information content (AvgIpc) is 2.50. The van der Waals surface area contributed by atoms with Gasteiger partial charge in [0, 0.05) is 6.20 Å². The standard InChI is InChI=1S/C15H20N2O3/c1-4-10-20-15(19)13(11(3)5-2)17-14(18)12-8-6-7-9-16-12/h4,6-9,11,13H,1,5,10H2,2-3H3,(H,17,18)/t11-,13-/m0/s1. The number of esters is 1. The van der Waals surface area contributed by atoms with Crippen molar-refractivity contribution in [3.63, 3.8) is 0 Å². The quantitative estimate of drug-likeness (QED) is 0.610. The van der Waals surface area contributed by atoms with E-state index in [0.717, 1.165) is 6.42 Å². The highest BCUT2D eigenvalue weighted by atomic mass is 16.5. The molecule has 0 bridgehead atoms. The van der Waals surface area contributed by atoms with Crippen LogP contribution in [0.1, 0.15) is 30.8 Å². The smallest absolute Gasteiger partial charge is 0.329 e. The Bertz CT molecular complexity index is 459. The van der Waals surface area contributed by atoms with Gasteiger partial charge in [-0.25, -0.2) is 4.79 Å². The molecule has 2 atom stereocenters. The number of rotatable bonds is 7. The Balaban J connectivity index is 2.77. The molecule has 0 spiro atoms. The molecule has 0 unspecified atom stereocenters.